The summed E-state index contributed by atoms with van der Waals surface area (Å²) in [6, 6.07) is 1.01. The summed E-state index contributed by atoms with van der Waals surface area (Å²) in [7, 11) is 4.54. The minimum absolute atomic E-state index is 0.0341. The number of aliphatic hydroxyl groups excluding tert-OH is 2. The Morgan fingerprint density at radius 3 is 2.50 bits per heavy atom. The molecule has 1 heterocycles. The van der Waals surface area contributed by atoms with E-state index >= 15 is 4.39 Å². The predicted octanol–water partition coefficient (Wildman–Crippen LogP) is 0.0889. The number of likely N-dealkylation sites (N-methyl/N-ethyl adjacent to an activating group) is 1. The Labute approximate surface area is 226 Å². The molecule has 7 N–H and O–H groups in total. The van der Waals surface area contributed by atoms with Gasteiger partial charge < -0.3 is 31.5 Å². The molecule has 2 aromatic rings. The molecule has 210 valence electrons. The number of carbonyl (C=O) groups is 4. The van der Waals surface area contributed by atoms with E-state index in [9.17, 15) is 39.6 Å². The lowest BCUT2D eigenvalue weighted by Gasteiger charge is -2.50. The number of carbonyl (C=O) groups excluding carboxylic acids is 4. The molecule has 0 radical (unpaired) electrons. The monoisotopic (exact) mass is 555 g/mol. The summed E-state index contributed by atoms with van der Waals surface area (Å²) in [6.07, 6.45) is 1.10. The van der Waals surface area contributed by atoms with Gasteiger partial charge in [-0.15, -0.1) is 0 Å². The van der Waals surface area contributed by atoms with Crippen LogP contribution in [0.2, 0.25) is 0 Å². The van der Waals surface area contributed by atoms with E-state index in [0.29, 0.717) is 0 Å². The van der Waals surface area contributed by atoms with Gasteiger partial charge in [0.1, 0.15) is 22.9 Å². The van der Waals surface area contributed by atoms with Crippen molar-refractivity contribution in [3.8, 4) is 5.75 Å². The number of primary amides is 1. The van der Waals surface area contributed by atoms with Crippen LogP contribution in [0.15, 0.2) is 35.2 Å². The van der Waals surface area contributed by atoms with Crippen LogP contribution in [0.5, 0.6) is 5.75 Å². The molecule has 4 atom stereocenters. The Bertz CT molecular complexity index is 1590. The fourth-order valence-electron chi connectivity index (χ4n) is 6.08. The quantitative estimate of drug-likeness (QED) is 0.221. The molecule has 1 fully saturated rings. The first-order valence-electron chi connectivity index (χ1n) is 12.2. The number of hydrogen-bond acceptors (Lipinski definition) is 10. The van der Waals surface area contributed by atoms with Crippen molar-refractivity contribution in [1.82, 2.24) is 14.7 Å². The molecule has 0 spiro atoms. The third-order valence-corrected chi connectivity index (χ3v) is 7.86. The third kappa shape index (κ3) is 3.63. The van der Waals surface area contributed by atoms with Crippen molar-refractivity contribution in [1.29, 1.82) is 0 Å². The molecule has 1 aromatic carbocycles. The number of anilines is 1. The number of phenolic OH excluding ortho intramolecular Hbond substituents is 1. The van der Waals surface area contributed by atoms with Crippen LogP contribution < -0.4 is 11.1 Å². The van der Waals surface area contributed by atoms with Gasteiger partial charge in [0.25, 0.3) is 11.8 Å². The lowest BCUT2D eigenvalue weighted by Crippen LogP contribution is -2.65. The topological polar surface area (TPSA) is 208 Å². The largest absolute Gasteiger partial charge is 0.508 e. The van der Waals surface area contributed by atoms with Gasteiger partial charge in [0, 0.05) is 36.4 Å². The fraction of sp³-hybridized carbons (Fsp3) is 0.346. The summed E-state index contributed by atoms with van der Waals surface area (Å²) in [5.41, 5.74) is 0.0371. The highest BCUT2D eigenvalue weighted by molar-refractivity contribution is 6.24. The van der Waals surface area contributed by atoms with E-state index in [2.05, 4.69) is 10.4 Å². The van der Waals surface area contributed by atoms with Crippen LogP contribution in [-0.2, 0) is 27.9 Å². The summed E-state index contributed by atoms with van der Waals surface area (Å²) in [5, 5.41) is 50.9. The van der Waals surface area contributed by atoms with Crippen molar-refractivity contribution in [2.75, 3.05) is 19.4 Å². The Morgan fingerprint density at radius 2 is 1.93 bits per heavy atom. The van der Waals surface area contributed by atoms with Crippen LogP contribution in [0.25, 0.3) is 5.76 Å². The Hall–Kier alpha value is -4.56. The smallest absolute Gasteiger partial charge is 0.276 e. The minimum Gasteiger partial charge on any atom is -0.508 e. The standard InChI is InChI=1S/C26H26FN5O8/c1-31(2)18-11-7-9-6-10-12(27)8-14(29-25(39)13-4-5-32(3)30-13)19(33)16(10)20(34)15(9)22(36)26(11,40)23(37)17(21(18)35)24(28)38/h4-5,8-9,11,18,33-34,37,40H,6-7H2,1-3H3,(H2,28,38)(H,29,39)/t9-,11-,18-,26-/m0/s1. The van der Waals surface area contributed by atoms with Gasteiger partial charge in [-0.3, -0.25) is 28.8 Å². The number of nitrogens with two attached hydrogens (primary N) is 1. The highest BCUT2D eigenvalue weighted by atomic mass is 19.1. The Balaban J connectivity index is 1.65. The summed E-state index contributed by atoms with van der Waals surface area (Å²) in [5.74, 6) is -10.2. The number of amides is 2. The fourth-order valence-corrected chi connectivity index (χ4v) is 6.08. The van der Waals surface area contributed by atoms with Crippen molar-refractivity contribution in [2.45, 2.75) is 24.5 Å². The second kappa shape index (κ2) is 8.99. The number of rotatable bonds is 4. The van der Waals surface area contributed by atoms with Gasteiger partial charge in [0.15, 0.2) is 22.8 Å². The van der Waals surface area contributed by atoms with E-state index in [1.807, 2.05) is 0 Å². The third-order valence-electron chi connectivity index (χ3n) is 7.86. The molecule has 3 aliphatic carbocycles. The van der Waals surface area contributed by atoms with Gasteiger partial charge in [0.2, 0.25) is 5.78 Å². The van der Waals surface area contributed by atoms with Crippen molar-refractivity contribution in [3.63, 3.8) is 0 Å². The number of nitrogens with one attached hydrogen (secondary N) is 1. The molecular weight excluding hydrogens is 529 g/mol. The molecule has 3 aliphatic rings. The first kappa shape index (κ1) is 27.0. The first-order chi connectivity index (χ1) is 18.7. The molecule has 40 heavy (non-hydrogen) atoms. The number of ketones is 2. The summed E-state index contributed by atoms with van der Waals surface area (Å²) >= 11 is 0. The number of aromatic hydroxyl groups is 1. The second-order valence-corrected chi connectivity index (χ2v) is 10.4. The zero-order valence-electron chi connectivity index (χ0n) is 21.6. The molecule has 13 nitrogen and oxygen atoms in total. The second-order valence-electron chi connectivity index (χ2n) is 10.4. The van der Waals surface area contributed by atoms with E-state index in [-0.39, 0.29) is 24.1 Å². The van der Waals surface area contributed by atoms with Crippen LogP contribution in [0.3, 0.4) is 0 Å². The molecule has 0 saturated heterocycles. The molecular formula is C26H26FN5O8. The molecule has 1 aromatic heterocycles. The van der Waals surface area contributed by atoms with Crippen molar-refractivity contribution >= 4 is 34.8 Å². The molecule has 0 bridgehead atoms. The van der Waals surface area contributed by atoms with Crippen LogP contribution >= 0.6 is 0 Å². The van der Waals surface area contributed by atoms with E-state index in [0.717, 1.165) is 6.07 Å². The van der Waals surface area contributed by atoms with E-state index < -0.39 is 92.3 Å². The summed E-state index contributed by atoms with van der Waals surface area (Å²) < 4.78 is 16.7. The minimum atomic E-state index is -2.82. The maximum Gasteiger partial charge on any atom is 0.276 e. The Morgan fingerprint density at radius 1 is 1.25 bits per heavy atom. The molecule has 1 saturated carbocycles. The number of aliphatic hydroxyl groups is 3. The number of nitrogens with zero attached hydrogens (tertiary/aromatic N) is 3. The molecule has 0 aliphatic heterocycles. The molecule has 0 unspecified atom stereocenters. The summed E-state index contributed by atoms with van der Waals surface area (Å²) in [4.78, 5) is 52.9. The summed E-state index contributed by atoms with van der Waals surface area (Å²) in [6.45, 7) is 0. The van der Waals surface area contributed by atoms with Gasteiger partial charge in [-0.1, -0.05) is 0 Å². The SMILES string of the molecule is CN(C)[C@@H]1C(=O)C(C(N)=O)=C(O)[C@@]2(O)C(=O)C3=C(O)c4c(O)c(NC(=O)c5ccn(C)n5)cc(F)c4C[C@H]3C[C@@H]12. The van der Waals surface area contributed by atoms with E-state index in [1.165, 1.54) is 35.9 Å². The van der Waals surface area contributed by atoms with Crippen molar-refractivity contribution in [3.05, 3.63) is 57.9 Å². The number of benzene rings is 1. The predicted molar refractivity (Wildman–Crippen MR) is 135 cm³/mol. The highest BCUT2D eigenvalue weighted by Gasteiger charge is 2.64. The van der Waals surface area contributed by atoms with Crippen LogP contribution in [0.1, 0.15) is 28.0 Å². The number of fused-ring (bicyclic) bond motifs is 3. The van der Waals surface area contributed by atoms with Gasteiger partial charge in [-0.2, -0.15) is 5.10 Å². The molecule has 14 heteroatoms. The number of hydrogen-bond donors (Lipinski definition) is 6. The maximum atomic E-state index is 15.4. The van der Waals surface area contributed by atoms with Crippen molar-refractivity contribution < 1.29 is 44.0 Å². The lowest BCUT2D eigenvalue weighted by molar-refractivity contribution is -0.153. The first-order valence-corrected chi connectivity index (χ1v) is 12.2. The maximum absolute atomic E-state index is 15.4. The average Bonchev–Trinajstić information content (AvgIpc) is 3.30. The number of Topliss-reactive ketones (excluding diaryl/α,β-unsaturated/α-hetero) is 2. The number of aryl methyl sites for hydroxylation is 1. The average molecular weight is 556 g/mol. The van der Waals surface area contributed by atoms with E-state index in [1.54, 1.807) is 7.05 Å². The number of halogens is 1. The lowest BCUT2D eigenvalue weighted by atomic mass is 9.57. The zero-order valence-corrected chi connectivity index (χ0v) is 21.6. The van der Waals surface area contributed by atoms with Crippen molar-refractivity contribution in [2.24, 2.45) is 24.6 Å². The zero-order chi connectivity index (χ0) is 29.4. The number of aromatic nitrogens is 2. The van der Waals surface area contributed by atoms with E-state index in [4.69, 9.17) is 5.73 Å². The highest BCUT2D eigenvalue weighted by Crippen LogP contribution is 2.53. The number of phenols is 1. The Kier molecular flexibility index (Phi) is 6.08. The van der Waals surface area contributed by atoms with Gasteiger partial charge in [-0.05, 0) is 38.9 Å². The van der Waals surface area contributed by atoms with Crippen LogP contribution in [0.4, 0.5) is 10.1 Å². The van der Waals surface area contributed by atoms with Gasteiger partial charge in [-0.25, -0.2) is 4.39 Å². The van der Waals surface area contributed by atoms with Gasteiger partial charge in [0.05, 0.1) is 17.3 Å². The van der Waals surface area contributed by atoms with Crippen LogP contribution in [0, 0.1) is 17.7 Å². The van der Waals surface area contributed by atoms with Gasteiger partial charge >= 0.3 is 0 Å². The molecule has 5 rings (SSSR count). The molecule has 2 amide bonds. The van der Waals surface area contributed by atoms with Crippen LogP contribution in [-0.4, -0.2) is 84.2 Å². The normalized spacial score (nSPS) is 26.0.